The molecule has 1 aromatic heterocycles. The van der Waals surface area contributed by atoms with Gasteiger partial charge in [-0.2, -0.15) is 0 Å². The number of ether oxygens (including phenoxy) is 1. The number of aryl methyl sites for hydroxylation is 1. The van der Waals surface area contributed by atoms with Crippen LogP contribution in [0.5, 0.6) is 11.5 Å². The molecule has 3 nitrogen and oxygen atoms in total. The number of rotatable bonds is 3. The Bertz CT molecular complexity index is 922. The van der Waals surface area contributed by atoms with Crippen molar-refractivity contribution in [3.63, 3.8) is 0 Å². The van der Waals surface area contributed by atoms with Crippen molar-refractivity contribution in [1.29, 1.82) is 0 Å². The maximum atomic E-state index is 5.88. The summed E-state index contributed by atoms with van der Waals surface area (Å²) < 4.78 is 5.88. The molecule has 3 heteroatoms. The minimum Gasteiger partial charge on any atom is -0.457 e. The average molecular weight is 300 g/mol. The van der Waals surface area contributed by atoms with Gasteiger partial charge in [0.25, 0.3) is 0 Å². The molecule has 4 aromatic rings. The fraction of sp³-hybridized carbons (Fsp3) is 0.0500. The summed E-state index contributed by atoms with van der Waals surface area (Å²) in [4.78, 5) is 7.95. The van der Waals surface area contributed by atoms with Crippen molar-refractivity contribution in [1.82, 2.24) is 9.97 Å². The van der Waals surface area contributed by atoms with Gasteiger partial charge in [0.05, 0.1) is 11.0 Å². The van der Waals surface area contributed by atoms with Crippen LogP contribution >= 0.6 is 0 Å². The van der Waals surface area contributed by atoms with Crippen LogP contribution in [-0.4, -0.2) is 9.97 Å². The molecule has 0 bridgehead atoms. The van der Waals surface area contributed by atoms with E-state index in [2.05, 4.69) is 23.0 Å². The number of benzene rings is 3. The van der Waals surface area contributed by atoms with E-state index in [1.165, 1.54) is 5.56 Å². The molecule has 4 rings (SSSR count). The third kappa shape index (κ3) is 2.81. The summed E-state index contributed by atoms with van der Waals surface area (Å²) in [5.41, 5.74) is 4.24. The first-order chi connectivity index (χ1) is 11.3. The number of hydrogen-bond donors (Lipinski definition) is 1. The number of nitrogens with one attached hydrogen (secondary N) is 1. The molecule has 1 heterocycles. The zero-order valence-electron chi connectivity index (χ0n) is 12.8. The Kier molecular flexibility index (Phi) is 3.31. The molecule has 0 atom stereocenters. The topological polar surface area (TPSA) is 37.9 Å². The highest BCUT2D eigenvalue weighted by Gasteiger charge is 2.05. The van der Waals surface area contributed by atoms with Gasteiger partial charge in [-0.1, -0.05) is 24.3 Å². The van der Waals surface area contributed by atoms with E-state index in [-0.39, 0.29) is 0 Å². The van der Waals surface area contributed by atoms with Crippen LogP contribution in [0.3, 0.4) is 0 Å². The summed E-state index contributed by atoms with van der Waals surface area (Å²) in [6.07, 6.45) is 0. The van der Waals surface area contributed by atoms with Gasteiger partial charge >= 0.3 is 0 Å². The Morgan fingerprint density at radius 2 is 1.65 bits per heavy atom. The summed E-state index contributed by atoms with van der Waals surface area (Å²) in [5.74, 6) is 2.53. The van der Waals surface area contributed by atoms with E-state index in [4.69, 9.17) is 4.74 Å². The Hall–Kier alpha value is -3.07. The molecule has 0 amide bonds. The first-order valence-corrected chi connectivity index (χ1v) is 7.58. The van der Waals surface area contributed by atoms with Gasteiger partial charge in [-0.3, -0.25) is 0 Å². The highest BCUT2D eigenvalue weighted by atomic mass is 16.5. The van der Waals surface area contributed by atoms with Crippen LogP contribution in [0.2, 0.25) is 0 Å². The number of imidazole rings is 1. The number of para-hydroxylation sites is 2. The van der Waals surface area contributed by atoms with Crippen molar-refractivity contribution in [2.24, 2.45) is 0 Å². The monoisotopic (exact) mass is 300 g/mol. The number of aromatic nitrogens is 2. The summed E-state index contributed by atoms with van der Waals surface area (Å²) in [6, 6.07) is 24.0. The quantitative estimate of drug-likeness (QED) is 0.555. The lowest BCUT2D eigenvalue weighted by molar-refractivity contribution is 0.482. The van der Waals surface area contributed by atoms with E-state index in [0.29, 0.717) is 0 Å². The number of hydrogen-bond acceptors (Lipinski definition) is 2. The molecule has 0 radical (unpaired) electrons. The average Bonchev–Trinajstić information content (AvgIpc) is 2.99. The zero-order valence-corrected chi connectivity index (χ0v) is 12.8. The maximum absolute atomic E-state index is 5.88. The van der Waals surface area contributed by atoms with E-state index in [9.17, 15) is 0 Å². The van der Waals surface area contributed by atoms with Crippen LogP contribution in [0.25, 0.3) is 22.4 Å². The van der Waals surface area contributed by atoms with Gasteiger partial charge in [0.15, 0.2) is 0 Å². The fourth-order valence-corrected chi connectivity index (χ4v) is 2.59. The minimum atomic E-state index is 0.815. The number of nitrogens with zero attached hydrogens (tertiary/aromatic N) is 1. The summed E-state index contributed by atoms with van der Waals surface area (Å²) in [5, 5.41) is 0. The van der Waals surface area contributed by atoms with E-state index >= 15 is 0 Å². The lowest BCUT2D eigenvalue weighted by Crippen LogP contribution is -1.86. The molecule has 0 aliphatic carbocycles. The first kappa shape index (κ1) is 13.6. The van der Waals surface area contributed by atoms with Crippen LogP contribution in [0, 0.1) is 6.92 Å². The van der Waals surface area contributed by atoms with E-state index in [0.717, 1.165) is 33.9 Å². The van der Waals surface area contributed by atoms with Gasteiger partial charge in [-0.15, -0.1) is 0 Å². The molecule has 0 saturated carbocycles. The normalized spacial score (nSPS) is 10.8. The highest BCUT2D eigenvalue weighted by Crippen LogP contribution is 2.26. The molecule has 112 valence electrons. The summed E-state index contributed by atoms with van der Waals surface area (Å²) in [6.45, 7) is 2.05. The van der Waals surface area contributed by atoms with Gasteiger partial charge in [0.2, 0.25) is 0 Å². The van der Waals surface area contributed by atoms with E-state index in [1.807, 2.05) is 66.7 Å². The zero-order chi connectivity index (χ0) is 15.6. The molecule has 3 aromatic carbocycles. The molecular formula is C20H16N2O. The van der Waals surface area contributed by atoms with Crippen LogP contribution in [0.15, 0.2) is 72.8 Å². The number of aromatic amines is 1. The molecule has 0 aliphatic heterocycles. The Labute approximate surface area is 134 Å². The second-order valence-electron chi connectivity index (χ2n) is 5.55. The molecule has 1 N–H and O–H groups in total. The summed E-state index contributed by atoms with van der Waals surface area (Å²) in [7, 11) is 0. The van der Waals surface area contributed by atoms with Crippen LogP contribution in [0.1, 0.15) is 5.56 Å². The lowest BCUT2D eigenvalue weighted by Gasteiger charge is -2.06. The standard InChI is InChI=1S/C20H16N2O/c1-14-5-4-6-17(13-14)23-16-11-9-15(10-12-16)20-21-18-7-2-3-8-19(18)22-20/h2-13H,1H3,(H,21,22). The van der Waals surface area contributed by atoms with Gasteiger partial charge in [-0.05, 0) is 61.0 Å². The SMILES string of the molecule is Cc1cccc(Oc2ccc(-c3nc4ccccc4[nH]3)cc2)c1. The molecular weight excluding hydrogens is 284 g/mol. The second kappa shape index (κ2) is 5.61. The maximum Gasteiger partial charge on any atom is 0.138 e. The Balaban J connectivity index is 1.60. The molecule has 23 heavy (non-hydrogen) atoms. The van der Waals surface area contributed by atoms with Crippen molar-refractivity contribution in [3.8, 4) is 22.9 Å². The third-order valence-corrected chi connectivity index (χ3v) is 3.74. The van der Waals surface area contributed by atoms with Gasteiger partial charge < -0.3 is 9.72 Å². The predicted octanol–water partition coefficient (Wildman–Crippen LogP) is 5.33. The second-order valence-corrected chi connectivity index (χ2v) is 5.55. The highest BCUT2D eigenvalue weighted by molar-refractivity contribution is 5.79. The van der Waals surface area contributed by atoms with Crippen LogP contribution < -0.4 is 4.74 Å². The first-order valence-electron chi connectivity index (χ1n) is 7.58. The van der Waals surface area contributed by atoms with Crippen molar-refractivity contribution in [2.75, 3.05) is 0 Å². The van der Waals surface area contributed by atoms with E-state index in [1.54, 1.807) is 0 Å². The molecule has 0 spiro atoms. The predicted molar refractivity (Wildman–Crippen MR) is 92.8 cm³/mol. The minimum absolute atomic E-state index is 0.815. The smallest absolute Gasteiger partial charge is 0.138 e. The molecule has 0 saturated heterocycles. The van der Waals surface area contributed by atoms with Crippen molar-refractivity contribution >= 4 is 11.0 Å². The van der Waals surface area contributed by atoms with Crippen molar-refractivity contribution in [2.45, 2.75) is 6.92 Å². The van der Waals surface area contributed by atoms with Crippen molar-refractivity contribution < 1.29 is 4.74 Å². The van der Waals surface area contributed by atoms with Crippen LogP contribution in [0.4, 0.5) is 0 Å². The number of fused-ring (bicyclic) bond motifs is 1. The van der Waals surface area contributed by atoms with Gasteiger partial charge in [0, 0.05) is 5.56 Å². The molecule has 0 aliphatic rings. The Morgan fingerprint density at radius 1 is 0.826 bits per heavy atom. The molecule has 0 unspecified atom stereocenters. The third-order valence-electron chi connectivity index (χ3n) is 3.74. The number of H-pyrrole nitrogens is 1. The lowest BCUT2D eigenvalue weighted by atomic mass is 10.2. The van der Waals surface area contributed by atoms with Gasteiger partial charge in [-0.25, -0.2) is 4.98 Å². The van der Waals surface area contributed by atoms with Gasteiger partial charge in [0.1, 0.15) is 17.3 Å². The van der Waals surface area contributed by atoms with Crippen LogP contribution in [-0.2, 0) is 0 Å². The molecule has 0 fully saturated rings. The largest absolute Gasteiger partial charge is 0.457 e. The summed E-state index contributed by atoms with van der Waals surface area (Å²) >= 11 is 0. The Morgan fingerprint density at radius 3 is 2.43 bits per heavy atom. The fourth-order valence-electron chi connectivity index (χ4n) is 2.59. The van der Waals surface area contributed by atoms with E-state index < -0.39 is 0 Å². The van der Waals surface area contributed by atoms with Crippen molar-refractivity contribution in [3.05, 3.63) is 78.4 Å².